The van der Waals surface area contributed by atoms with Crippen LogP contribution in [0.2, 0.25) is 0 Å². The number of carbonyl (C=O) groups excluding carboxylic acids is 1. The van der Waals surface area contributed by atoms with Crippen molar-refractivity contribution < 1.29 is 19.1 Å². The quantitative estimate of drug-likeness (QED) is 0.340. The molecule has 1 aliphatic carbocycles. The second-order valence-corrected chi connectivity index (χ2v) is 11.6. The highest BCUT2D eigenvalue weighted by atomic mass is 79.9. The first-order valence-electron chi connectivity index (χ1n) is 11.2. The van der Waals surface area contributed by atoms with E-state index in [-0.39, 0.29) is 17.1 Å². The second kappa shape index (κ2) is 9.96. The number of hydrogen-bond donors (Lipinski definition) is 2. The molecule has 0 saturated carbocycles. The molecule has 0 spiro atoms. The van der Waals surface area contributed by atoms with Gasteiger partial charge in [-0.25, -0.2) is 4.99 Å². The smallest absolute Gasteiger partial charge is 0.255 e. The Hall–Kier alpha value is -2.58. The van der Waals surface area contributed by atoms with Crippen molar-refractivity contribution in [2.75, 3.05) is 7.11 Å². The summed E-state index contributed by atoms with van der Waals surface area (Å²) in [5, 5.41) is 14.2. The largest absolute Gasteiger partial charge is 0.504 e. The van der Waals surface area contributed by atoms with E-state index in [0.29, 0.717) is 40.1 Å². The third-order valence-corrected chi connectivity index (χ3v) is 7.93. The molecule has 1 atom stereocenters. The number of fused-ring (bicyclic) bond motifs is 1. The summed E-state index contributed by atoms with van der Waals surface area (Å²) < 4.78 is 11.4. The molecule has 1 amide bonds. The maximum absolute atomic E-state index is 13.3. The topological polar surface area (TPSA) is 84.1 Å². The van der Waals surface area contributed by atoms with E-state index in [1.807, 2.05) is 6.07 Å². The summed E-state index contributed by atoms with van der Waals surface area (Å²) in [4.78, 5) is 19.2. The monoisotopic (exact) mass is 544 g/mol. The zero-order valence-corrected chi connectivity index (χ0v) is 22.2. The highest BCUT2D eigenvalue weighted by molar-refractivity contribution is 9.10. The lowest BCUT2D eigenvalue weighted by Crippen LogP contribution is -2.28. The van der Waals surface area contributed by atoms with Crippen molar-refractivity contribution >= 4 is 44.4 Å². The first-order valence-corrected chi connectivity index (χ1v) is 12.8. The standard InChI is InChI=1S/C26H29BrN2O4S/c1-26(2,3)16-7-8-19-21(11-16)34-25(22(19)24(31)28-14-18-6-5-9-33-18)29-13-15-10-17(27)12-20(32-4)23(15)30/h5-6,9-10,12-13,16,30H,7-8,11,14H2,1-4H3,(H,28,31)/t16-/m1/s1. The summed E-state index contributed by atoms with van der Waals surface area (Å²) >= 11 is 5.01. The van der Waals surface area contributed by atoms with Crippen molar-refractivity contribution in [1.29, 1.82) is 0 Å². The molecule has 3 aromatic rings. The van der Waals surface area contributed by atoms with Crippen LogP contribution in [0, 0.1) is 11.3 Å². The Balaban J connectivity index is 1.70. The number of nitrogens with one attached hydrogen (secondary N) is 1. The molecular weight excluding hydrogens is 516 g/mol. The first-order chi connectivity index (χ1) is 16.2. The average molecular weight is 545 g/mol. The van der Waals surface area contributed by atoms with Crippen LogP contribution in [-0.2, 0) is 19.4 Å². The summed E-state index contributed by atoms with van der Waals surface area (Å²) in [6, 6.07) is 7.09. The zero-order valence-electron chi connectivity index (χ0n) is 19.8. The van der Waals surface area contributed by atoms with Crippen LogP contribution in [0.5, 0.6) is 11.5 Å². The molecule has 0 unspecified atom stereocenters. The van der Waals surface area contributed by atoms with Gasteiger partial charge in [0.05, 0.1) is 25.5 Å². The zero-order chi connectivity index (χ0) is 24.5. The highest BCUT2D eigenvalue weighted by Crippen LogP contribution is 2.45. The van der Waals surface area contributed by atoms with E-state index in [9.17, 15) is 9.90 Å². The van der Waals surface area contributed by atoms with Crippen molar-refractivity contribution in [2.45, 2.75) is 46.6 Å². The third kappa shape index (κ3) is 5.23. The van der Waals surface area contributed by atoms with Crippen molar-refractivity contribution in [3.63, 3.8) is 0 Å². The molecule has 0 radical (unpaired) electrons. The molecule has 6 nitrogen and oxygen atoms in total. The van der Waals surface area contributed by atoms with Gasteiger partial charge in [0.15, 0.2) is 11.5 Å². The lowest BCUT2D eigenvalue weighted by atomic mass is 9.72. The normalized spacial score (nSPS) is 16.0. The lowest BCUT2D eigenvalue weighted by molar-refractivity contribution is 0.0947. The Labute approximate surface area is 212 Å². The number of amides is 1. The number of benzene rings is 1. The minimum atomic E-state index is -0.161. The van der Waals surface area contributed by atoms with Crippen LogP contribution < -0.4 is 10.1 Å². The molecule has 1 aliphatic rings. The summed E-state index contributed by atoms with van der Waals surface area (Å²) in [6.07, 6.45) is 6.01. The van der Waals surface area contributed by atoms with Crippen LogP contribution in [0.15, 0.2) is 44.4 Å². The number of hydrogen-bond acceptors (Lipinski definition) is 6. The van der Waals surface area contributed by atoms with Crippen molar-refractivity contribution in [3.8, 4) is 11.5 Å². The molecule has 0 bridgehead atoms. The number of aliphatic imine (C=N–C) groups is 1. The Morgan fingerprint density at radius 1 is 1.41 bits per heavy atom. The fourth-order valence-corrected chi connectivity index (χ4v) is 6.00. The van der Waals surface area contributed by atoms with Crippen molar-refractivity contribution in [3.05, 3.63) is 62.3 Å². The average Bonchev–Trinajstić information content (AvgIpc) is 3.44. The van der Waals surface area contributed by atoms with Gasteiger partial charge in [0.25, 0.3) is 5.91 Å². The molecule has 4 rings (SSSR count). The second-order valence-electron chi connectivity index (χ2n) is 9.56. The van der Waals surface area contributed by atoms with Gasteiger partial charge in [0.1, 0.15) is 10.8 Å². The number of ether oxygens (including phenoxy) is 1. The molecule has 2 heterocycles. The van der Waals surface area contributed by atoms with Gasteiger partial charge in [0.2, 0.25) is 0 Å². The summed E-state index contributed by atoms with van der Waals surface area (Å²) in [7, 11) is 1.50. The Bertz CT molecular complexity index is 1210. The molecule has 34 heavy (non-hydrogen) atoms. The Morgan fingerprint density at radius 2 is 2.21 bits per heavy atom. The van der Waals surface area contributed by atoms with Gasteiger partial charge in [-0.1, -0.05) is 36.7 Å². The number of thiophene rings is 1. The van der Waals surface area contributed by atoms with Crippen molar-refractivity contribution in [2.24, 2.45) is 16.3 Å². The van der Waals surface area contributed by atoms with E-state index >= 15 is 0 Å². The van der Waals surface area contributed by atoms with Gasteiger partial charge in [-0.15, -0.1) is 11.3 Å². The summed E-state index contributed by atoms with van der Waals surface area (Å²) in [5.74, 6) is 1.44. The molecule has 180 valence electrons. The fraction of sp³-hybridized carbons (Fsp3) is 0.385. The number of rotatable bonds is 6. The van der Waals surface area contributed by atoms with Crippen LogP contribution >= 0.6 is 27.3 Å². The van der Waals surface area contributed by atoms with Gasteiger partial charge >= 0.3 is 0 Å². The first kappa shape index (κ1) is 24.5. The number of halogens is 1. The number of nitrogens with zero attached hydrogens (tertiary/aromatic N) is 1. The number of aromatic hydroxyl groups is 1. The number of carbonyl (C=O) groups is 1. The lowest BCUT2D eigenvalue weighted by Gasteiger charge is -2.33. The van der Waals surface area contributed by atoms with E-state index in [1.165, 1.54) is 12.0 Å². The van der Waals surface area contributed by atoms with E-state index in [0.717, 1.165) is 29.3 Å². The summed E-state index contributed by atoms with van der Waals surface area (Å²) in [6.45, 7) is 7.13. The Kier molecular flexibility index (Phi) is 7.19. The van der Waals surface area contributed by atoms with Crippen LogP contribution in [-0.4, -0.2) is 24.3 Å². The van der Waals surface area contributed by atoms with Crippen molar-refractivity contribution in [1.82, 2.24) is 5.32 Å². The minimum absolute atomic E-state index is 0.00684. The number of phenols is 1. The van der Waals surface area contributed by atoms with Gasteiger partial charge in [-0.3, -0.25) is 4.79 Å². The van der Waals surface area contributed by atoms with Gasteiger partial charge < -0.3 is 19.6 Å². The highest BCUT2D eigenvalue weighted by Gasteiger charge is 2.33. The van der Waals surface area contributed by atoms with Gasteiger partial charge in [-0.05, 0) is 60.4 Å². The maximum atomic E-state index is 13.3. The molecule has 2 N–H and O–H groups in total. The predicted molar refractivity (Wildman–Crippen MR) is 139 cm³/mol. The molecule has 0 aliphatic heterocycles. The minimum Gasteiger partial charge on any atom is -0.504 e. The number of furan rings is 1. The van der Waals surface area contributed by atoms with Gasteiger partial charge in [-0.2, -0.15) is 0 Å². The molecule has 2 aromatic heterocycles. The van der Waals surface area contributed by atoms with Crippen LogP contribution in [0.3, 0.4) is 0 Å². The molecular formula is C26H29BrN2O4S. The number of phenolic OH excluding ortho intramolecular Hbond substituents is 1. The van der Waals surface area contributed by atoms with Crippen LogP contribution in [0.4, 0.5) is 5.00 Å². The Morgan fingerprint density at radius 3 is 2.88 bits per heavy atom. The summed E-state index contributed by atoms with van der Waals surface area (Å²) in [5.41, 5.74) is 2.42. The molecule has 8 heteroatoms. The van der Waals surface area contributed by atoms with E-state index in [2.05, 4.69) is 47.0 Å². The van der Waals surface area contributed by atoms with E-state index in [1.54, 1.807) is 42.0 Å². The number of methoxy groups -OCH3 is 1. The molecule has 0 saturated heterocycles. The van der Waals surface area contributed by atoms with E-state index in [4.69, 9.17) is 9.15 Å². The fourth-order valence-electron chi connectivity index (χ4n) is 4.28. The third-order valence-electron chi connectivity index (χ3n) is 6.31. The van der Waals surface area contributed by atoms with Crippen LogP contribution in [0.1, 0.15) is 59.3 Å². The molecule has 1 aromatic carbocycles. The molecule has 0 fully saturated rings. The predicted octanol–water partition coefficient (Wildman–Crippen LogP) is 6.65. The van der Waals surface area contributed by atoms with Gasteiger partial charge in [0, 0.05) is 21.1 Å². The maximum Gasteiger partial charge on any atom is 0.255 e. The van der Waals surface area contributed by atoms with Crippen LogP contribution in [0.25, 0.3) is 0 Å². The van der Waals surface area contributed by atoms with E-state index < -0.39 is 0 Å². The SMILES string of the molecule is COc1cc(Br)cc(C=Nc2sc3c(c2C(=O)NCc2ccco2)CC[C@@H](C(C)(C)C)C3)c1O.